The summed E-state index contributed by atoms with van der Waals surface area (Å²) in [4.78, 5) is 20.2. The standard InChI is InChI=1S/C56H36N4O/c1-5-15-38(16-6-1)47-35-49(59-55(57-47)43-19-9-3-10-20-43)40-27-25-37(26-28-40)45-33-34-52-54(46-23-13-14-24-51(46)61-52)53(45)42-31-29-41(30-32-42)50-36-48(39-17-7-2-8-18-39)58-56(60-50)44-21-11-4-12-22-44/h1-36H. The molecule has 286 valence electrons. The predicted octanol–water partition coefficient (Wildman–Crippen LogP) is 14.5. The van der Waals surface area contributed by atoms with Crippen molar-refractivity contribution in [1.82, 2.24) is 19.9 Å². The first-order valence-electron chi connectivity index (χ1n) is 20.4. The second kappa shape index (κ2) is 15.5. The van der Waals surface area contributed by atoms with E-state index in [2.05, 4.69) is 133 Å². The minimum absolute atomic E-state index is 0.691. The zero-order valence-electron chi connectivity index (χ0n) is 33.0. The third kappa shape index (κ3) is 6.94. The van der Waals surface area contributed by atoms with Gasteiger partial charge in [-0.1, -0.05) is 194 Å². The molecule has 0 N–H and O–H groups in total. The van der Waals surface area contributed by atoms with Gasteiger partial charge in [0, 0.05) is 49.7 Å². The average molecular weight is 781 g/mol. The topological polar surface area (TPSA) is 64.7 Å². The Morgan fingerprint density at radius 3 is 1.13 bits per heavy atom. The minimum Gasteiger partial charge on any atom is -0.456 e. The van der Waals surface area contributed by atoms with Gasteiger partial charge < -0.3 is 4.42 Å². The first-order chi connectivity index (χ1) is 30.2. The van der Waals surface area contributed by atoms with Gasteiger partial charge in [-0.25, -0.2) is 19.9 Å². The second-order valence-corrected chi connectivity index (χ2v) is 15.0. The molecule has 0 amide bonds. The van der Waals surface area contributed by atoms with Crippen LogP contribution in [0.4, 0.5) is 0 Å². The summed E-state index contributed by atoms with van der Waals surface area (Å²) < 4.78 is 6.45. The third-order valence-electron chi connectivity index (χ3n) is 11.2. The van der Waals surface area contributed by atoms with Crippen LogP contribution in [-0.4, -0.2) is 19.9 Å². The molecule has 0 spiro atoms. The number of hydrogen-bond acceptors (Lipinski definition) is 5. The summed E-state index contributed by atoms with van der Waals surface area (Å²) in [6, 6.07) is 75.0. The van der Waals surface area contributed by atoms with E-state index < -0.39 is 0 Å². The molecule has 61 heavy (non-hydrogen) atoms. The summed E-state index contributed by atoms with van der Waals surface area (Å²) in [7, 11) is 0. The Bertz CT molecular complexity index is 3200. The van der Waals surface area contributed by atoms with Crippen LogP contribution in [-0.2, 0) is 0 Å². The van der Waals surface area contributed by atoms with Crippen LogP contribution in [0.1, 0.15) is 0 Å². The number of nitrogens with zero attached hydrogens (tertiary/aromatic N) is 4. The van der Waals surface area contributed by atoms with Gasteiger partial charge in [0.05, 0.1) is 22.8 Å². The number of benzene rings is 8. The molecular weight excluding hydrogens is 745 g/mol. The molecular formula is C56H36N4O. The van der Waals surface area contributed by atoms with Crippen LogP contribution in [0, 0.1) is 0 Å². The molecule has 0 aliphatic rings. The van der Waals surface area contributed by atoms with E-state index in [-0.39, 0.29) is 0 Å². The SMILES string of the molecule is c1ccc(-c2cc(-c3ccc(-c4ccc5oc6ccccc6c5c4-c4ccc(-c5cc(-c6ccccc6)nc(-c6ccccc6)n5)cc4)cc3)nc(-c3ccccc3)n2)cc1. The van der Waals surface area contributed by atoms with E-state index in [9.17, 15) is 0 Å². The monoisotopic (exact) mass is 780 g/mol. The van der Waals surface area contributed by atoms with Crippen molar-refractivity contribution in [1.29, 1.82) is 0 Å². The van der Waals surface area contributed by atoms with E-state index in [1.54, 1.807) is 0 Å². The number of fused-ring (bicyclic) bond motifs is 3. The van der Waals surface area contributed by atoms with Crippen molar-refractivity contribution in [3.63, 3.8) is 0 Å². The zero-order valence-corrected chi connectivity index (χ0v) is 33.0. The first-order valence-corrected chi connectivity index (χ1v) is 20.4. The van der Waals surface area contributed by atoms with E-state index in [0.717, 1.165) is 100 Å². The summed E-state index contributed by atoms with van der Waals surface area (Å²) in [6.45, 7) is 0. The van der Waals surface area contributed by atoms with Gasteiger partial charge in [0.1, 0.15) is 11.2 Å². The van der Waals surface area contributed by atoms with Crippen LogP contribution in [0.15, 0.2) is 223 Å². The Kier molecular flexibility index (Phi) is 9.10. The van der Waals surface area contributed by atoms with Gasteiger partial charge in [-0.2, -0.15) is 0 Å². The lowest BCUT2D eigenvalue weighted by Crippen LogP contribution is -1.96. The third-order valence-corrected chi connectivity index (χ3v) is 11.2. The Labute approximate surface area is 353 Å². The molecule has 0 atom stereocenters. The van der Waals surface area contributed by atoms with E-state index >= 15 is 0 Å². The van der Waals surface area contributed by atoms with Gasteiger partial charge in [-0.15, -0.1) is 0 Å². The molecule has 0 saturated carbocycles. The van der Waals surface area contributed by atoms with E-state index in [4.69, 9.17) is 24.4 Å². The van der Waals surface area contributed by atoms with Crippen molar-refractivity contribution in [3.8, 4) is 90.1 Å². The van der Waals surface area contributed by atoms with Crippen molar-refractivity contribution in [2.45, 2.75) is 0 Å². The Hall–Kier alpha value is -8.28. The molecule has 0 aliphatic heterocycles. The molecule has 5 heteroatoms. The number of para-hydroxylation sites is 1. The fourth-order valence-corrected chi connectivity index (χ4v) is 8.12. The highest BCUT2D eigenvalue weighted by Gasteiger charge is 2.19. The van der Waals surface area contributed by atoms with Crippen LogP contribution in [0.25, 0.3) is 112 Å². The Morgan fingerprint density at radius 1 is 0.279 bits per heavy atom. The lowest BCUT2D eigenvalue weighted by Gasteiger charge is -2.14. The maximum absolute atomic E-state index is 6.45. The van der Waals surface area contributed by atoms with Gasteiger partial charge in [-0.3, -0.25) is 0 Å². The molecule has 0 radical (unpaired) electrons. The molecule has 3 heterocycles. The largest absolute Gasteiger partial charge is 0.456 e. The molecule has 11 rings (SSSR count). The van der Waals surface area contributed by atoms with Crippen molar-refractivity contribution >= 4 is 21.9 Å². The fraction of sp³-hybridized carbons (Fsp3) is 0. The lowest BCUT2D eigenvalue weighted by atomic mass is 9.89. The van der Waals surface area contributed by atoms with Gasteiger partial charge in [0.25, 0.3) is 0 Å². The highest BCUT2D eigenvalue weighted by atomic mass is 16.3. The molecule has 0 bridgehead atoms. The molecule has 5 nitrogen and oxygen atoms in total. The Balaban J connectivity index is 1.02. The van der Waals surface area contributed by atoms with Crippen LogP contribution in [0.3, 0.4) is 0 Å². The van der Waals surface area contributed by atoms with Crippen LogP contribution >= 0.6 is 0 Å². The van der Waals surface area contributed by atoms with Gasteiger partial charge >= 0.3 is 0 Å². The van der Waals surface area contributed by atoms with Crippen molar-refractivity contribution in [3.05, 3.63) is 218 Å². The quantitative estimate of drug-likeness (QED) is 0.154. The van der Waals surface area contributed by atoms with Gasteiger partial charge in [0.15, 0.2) is 11.6 Å². The molecule has 0 saturated heterocycles. The molecule has 3 aromatic heterocycles. The van der Waals surface area contributed by atoms with Crippen LogP contribution < -0.4 is 0 Å². The maximum Gasteiger partial charge on any atom is 0.160 e. The number of aromatic nitrogens is 4. The number of rotatable bonds is 8. The number of hydrogen-bond donors (Lipinski definition) is 0. The molecule has 0 aliphatic carbocycles. The summed E-state index contributed by atoms with van der Waals surface area (Å²) >= 11 is 0. The average Bonchev–Trinajstić information content (AvgIpc) is 3.73. The second-order valence-electron chi connectivity index (χ2n) is 15.0. The van der Waals surface area contributed by atoms with Crippen LogP contribution in [0.5, 0.6) is 0 Å². The summed E-state index contributed by atoms with van der Waals surface area (Å²) in [5.41, 5.74) is 15.6. The summed E-state index contributed by atoms with van der Waals surface area (Å²) in [5, 5.41) is 2.16. The van der Waals surface area contributed by atoms with E-state index in [0.29, 0.717) is 11.6 Å². The molecule has 0 fully saturated rings. The lowest BCUT2D eigenvalue weighted by molar-refractivity contribution is 0.669. The highest BCUT2D eigenvalue weighted by molar-refractivity contribution is 6.16. The van der Waals surface area contributed by atoms with Crippen molar-refractivity contribution in [2.75, 3.05) is 0 Å². The molecule has 0 unspecified atom stereocenters. The van der Waals surface area contributed by atoms with E-state index in [1.807, 2.05) is 84.9 Å². The van der Waals surface area contributed by atoms with Crippen molar-refractivity contribution < 1.29 is 4.42 Å². The van der Waals surface area contributed by atoms with Crippen LogP contribution in [0.2, 0.25) is 0 Å². The minimum atomic E-state index is 0.691. The summed E-state index contributed by atoms with van der Waals surface area (Å²) in [6.07, 6.45) is 0. The van der Waals surface area contributed by atoms with Gasteiger partial charge in [-0.05, 0) is 41.0 Å². The summed E-state index contributed by atoms with van der Waals surface area (Å²) in [5.74, 6) is 1.38. The van der Waals surface area contributed by atoms with Gasteiger partial charge in [0.2, 0.25) is 0 Å². The van der Waals surface area contributed by atoms with E-state index in [1.165, 1.54) is 0 Å². The first kappa shape index (κ1) is 35.8. The maximum atomic E-state index is 6.45. The molecule has 11 aromatic rings. The number of furan rings is 1. The highest BCUT2D eigenvalue weighted by Crippen LogP contribution is 2.44. The zero-order chi connectivity index (χ0) is 40.5. The normalized spacial score (nSPS) is 11.3. The molecule has 8 aromatic carbocycles. The van der Waals surface area contributed by atoms with Crippen molar-refractivity contribution in [2.24, 2.45) is 0 Å². The smallest absolute Gasteiger partial charge is 0.160 e. The predicted molar refractivity (Wildman–Crippen MR) is 248 cm³/mol. The Morgan fingerprint density at radius 2 is 0.656 bits per heavy atom. The fourth-order valence-electron chi connectivity index (χ4n) is 8.12.